The topological polar surface area (TPSA) is 103 Å². The summed E-state index contributed by atoms with van der Waals surface area (Å²) in [4.78, 5) is 26.8. The minimum atomic E-state index is -0.535. The Bertz CT molecular complexity index is 1050. The zero-order valence-electron chi connectivity index (χ0n) is 14.8. The van der Waals surface area contributed by atoms with Gasteiger partial charge in [0.15, 0.2) is 12.2 Å². The van der Waals surface area contributed by atoms with Gasteiger partial charge in [0.05, 0.1) is 17.8 Å². The highest BCUT2D eigenvalue weighted by atomic mass is 35.5. The van der Waals surface area contributed by atoms with Crippen molar-refractivity contribution in [3.05, 3.63) is 40.4 Å². The van der Waals surface area contributed by atoms with Crippen molar-refractivity contribution in [1.82, 2.24) is 4.98 Å². The average Bonchev–Trinajstić information content (AvgIpc) is 3.04. The van der Waals surface area contributed by atoms with Crippen LogP contribution < -0.4 is 15.4 Å². The van der Waals surface area contributed by atoms with Crippen molar-refractivity contribution in [3.8, 4) is 5.75 Å². The maximum Gasteiger partial charge on any atom is 0.303 e. The molecule has 0 saturated heterocycles. The van der Waals surface area contributed by atoms with Crippen molar-refractivity contribution < 1.29 is 23.5 Å². The molecular formula is C18H15Cl2N3O5. The Balaban J connectivity index is 1.78. The molecule has 2 aromatic carbocycles. The molecule has 0 aliphatic carbocycles. The minimum Gasteiger partial charge on any atom is -0.494 e. The molecular weight excluding hydrogens is 409 g/mol. The lowest BCUT2D eigenvalue weighted by atomic mass is 10.2. The van der Waals surface area contributed by atoms with Gasteiger partial charge in [0.1, 0.15) is 11.3 Å². The van der Waals surface area contributed by atoms with Gasteiger partial charge in [-0.25, -0.2) is 0 Å². The fourth-order valence-corrected chi connectivity index (χ4v) is 2.89. The number of halogens is 2. The van der Waals surface area contributed by atoms with Crippen molar-refractivity contribution in [2.75, 3.05) is 24.4 Å². The predicted molar refractivity (Wildman–Crippen MR) is 106 cm³/mol. The smallest absolute Gasteiger partial charge is 0.303 e. The van der Waals surface area contributed by atoms with Crippen LogP contribution in [0.25, 0.3) is 11.1 Å². The second-order valence-corrected chi connectivity index (χ2v) is 6.47. The Morgan fingerprint density at radius 1 is 1.21 bits per heavy atom. The first kappa shape index (κ1) is 19.8. The standard InChI is InChI=1S/C18H15Cl2N3O5/c1-9(24)27-8-16(25)21-11-3-4-13(15(7-11)26-2)22-18-23-14-6-10(19)5-12(20)17(14)28-18/h3-7H,8H2,1-2H3,(H,21,25)(H,22,23). The average molecular weight is 424 g/mol. The van der Waals surface area contributed by atoms with Crippen LogP contribution in [-0.4, -0.2) is 30.6 Å². The Kier molecular flexibility index (Phi) is 5.91. The lowest BCUT2D eigenvalue weighted by molar-refractivity contribution is -0.144. The summed E-state index contributed by atoms with van der Waals surface area (Å²) in [7, 11) is 1.48. The van der Waals surface area contributed by atoms with E-state index in [0.717, 1.165) is 0 Å². The second-order valence-electron chi connectivity index (χ2n) is 5.62. The maximum absolute atomic E-state index is 11.8. The first-order valence-electron chi connectivity index (χ1n) is 7.99. The van der Waals surface area contributed by atoms with Gasteiger partial charge in [-0.3, -0.25) is 9.59 Å². The van der Waals surface area contributed by atoms with Gasteiger partial charge in [0.2, 0.25) is 0 Å². The van der Waals surface area contributed by atoms with Gasteiger partial charge in [-0.2, -0.15) is 4.98 Å². The van der Waals surface area contributed by atoms with Crippen molar-refractivity contribution in [2.45, 2.75) is 6.92 Å². The summed E-state index contributed by atoms with van der Waals surface area (Å²) in [6, 6.07) is 8.31. The normalized spacial score (nSPS) is 10.6. The summed E-state index contributed by atoms with van der Waals surface area (Å²) >= 11 is 12.1. The lowest BCUT2D eigenvalue weighted by Crippen LogP contribution is -2.19. The van der Waals surface area contributed by atoms with Crippen LogP contribution in [0.5, 0.6) is 5.75 Å². The minimum absolute atomic E-state index is 0.198. The van der Waals surface area contributed by atoms with Crippen molar-refractivity contribution in [2.24, 2.45) is 0 Å². The first-order chi connectivity index (χ1) is 13.4. The van der Waals surface area contributed by atoms with Crippen LogP contribution in [0.4, 0.5) is 17.4 Å². The molecule has 3 rings (SSSR count). The number of nitrogens with one attached hydrogen (secondary N) is 2. The number of fused-ring (bicyclic) bond motifs is 1. The number of esters is 1. The van der Waals surface area contributed by atoms with E-state index >= 15 is 0 Å². The molecule has 1 aromatic heterocycles. The highest BCUT2D eigenvalue weighted by Crippen LogP contribution is 2.34. The van der Waals surface area contributed by atoms with Crippen LogP contribution in [0.15, 0.2) is 34.7 Å². The van der Waals surface area contributed by atoms with Crippen LogP contribution in [-0.2, 0) is 14.3 Å². The largest absolute Gasteiger partial charge is 0.494 e. The number of benzene rings is 2. The first-order valence-corrected chi connectivity index (χ1v) is 8.75. The molecule has 0 aliphatic rings. The second kappa shape index (κ2) is 8.37. The Hall–Kier alpha value is -2.97. The number of carbonyl (C=O) groups is 2. The molecule has 146 valence electrons. The van der Waals surface area contributed by atoms with Gasteiger partial charge in [0, 0.05) is 23.7 Å². The number of rotatable bonds is 6. The number of amides is 1. The van der Waals surface area contributed by atoms with Gasteiger partial charge in [0.25, 0.3) is 11.9 Å². The van der Waals surface area contributed by atoms with Gasteiger partial charge < -0.3 is 24.5 Å². The van der Waals surface area contributed by atoms with E-state index in [0.29, 0.717) is 38.3 Å². The van der Waals surface area contributed by atoms with E-state index in [4.69, 9.17) is 32.4 Å². The van der Waals surface area contributed by atoms with Gasteiger partial charge in [-0.1, -0.05) is 23.2 Å². The van der Waals surface area contributed by atoms with E-state index in [1.807, 2.05) is 0 Å². The van der Waals surface area contributed by atoms with Crippen molar-refractivity contribution in [1.29, 1.82) is 0 Å². The molecule has 0 bridgehead atoms. The Morgan fingerprint density at radius 2 is 2.00 bits per heavy atom. The molecule has 3 aromatic rings. The Labute approximate surface area is 169 Å². The molecule has 0 aliphatic heterocycles. The molecule has 2 N–H and O–H groups in total. The number of oxazole rings is 1. The van der Waals surface area contributed by atoms with Crippen LogP contribution in [0.3, 0.4) is 0 Å². The summed E-state index contributed by atoms with van der Waals surface area (Å²) in [5, 5.41) is 6.39. The summed E-state index contributed by atoms with van der Waals surface area (Å²) in [6.45, 7) is 0.855. The molecule has 28 heavy (non-hydrogen) atoms. The van der Waals surface area contributed by atoms with E-state index in [9.17, 15) is 9.59 Å². The van der Waals surface area contributed by atoms with Crippen molar-refractivity contribution in [3.63, 3.8) is 0 Å². The van der Waals surface area contributed by atoms with Gasteiger partial charge in [-0.05, 0) is 24.3 Å². The van der Waals surface area contributed by atoms with Gasteiger partial charge >= 0.3 is 5.97 Å². The zero-order valence-corrected chi connectivity index (χ0v) is 16.4. The quantitative estimate of drug-likeness (QED) is 0.566. The lowest BCUT2D eigenvalue weighted by Gasteiger charge is -2.11. The predicted octanol–water partition coefficient (Wildman–Crippen LogP) is 4.39. The number of hydrogen-bond acceptors (Lipinski definition) is 7. The monoisotopic (exact) mass is 423 g/mol. The molecule has 8 nitrogen and oxygen atoms in total. The van der Waals surface area contributed by atoms with Crippen LogP contribution in [0.1, 0.15) is 6.92 Å². The zero-order chi connectivity index (χ0) is 20.3. The number of hydrogen-bond donors (Lipinski definition) is 2. The number of aromatic nitrogens is 1. The summed E-state index contributed by atoms with van der Waals surface area (Å²) < 4.78 is 15.6. The van der Waals surface area contributed by atoms with Crippen LogP contribution >= 0.6 is 23.2 Å². The van der Waals surface area contributed by atoms with Crippen molar-refractivity contribution >= 4 is 63.6 Å². The molecule has 1 heterocycles. The molecule has 0 unspecified atom stereocenters. The van der Waals surface area contributed by atoms with E-state index in [2.05, 4.69) is 20.4 Å². The van der Waals surface area contributed by atoms with E-state index in [-0.39, 0.29) is 12.6 Å². The third-order valence-corrected chi connectivity index (χ3v) is 4.04. The van der Waals surface area contributed by atoms with Gasteiger partial charge in [-0.15, -0.1) is 0 Å². The third kappa shape index (κ3) is 4.65. The Morgan fingerprint density at radius 3 is 2.71 bits per heavy atom. The highest BCUT2D eigenvalue weighted by molar-refractivity contribution is 6.38. The van der Waals surface area contributed by atoms with E-state index < -0.39 is 11.9 Å². The number of ether oxygens (including phenoxy) is 2. The molecule has 10 heteroatoms. The summed E-state index contributed by atoms with van der Waals surface area (Å²) in [6.07, 6.45) is 0. The third-order valence-electron chi connectivity index (χ3n) is 3.54. The number of carbonyl (C=O) groups excluding carboxylic acids is 2. The van der Waals surface area contributed by atoms with E-state index in [1.165, 1.54) is 14.0 Å². The molecule has 0 atom stereocenters. The molecule has 0 saturated carbocycles. The summed E-state index contributed by atoms with van der Waals surface area (Å²) in [5.74, 6) is -0.577. The summed E-state index contributed by atoms with van der Waals surface area (Å²) in [5.41, 5.74) is 1.93. The molecule has 0 radical (unpaired) electrons. The SMILES string of the molecule is COc1cc(NC(=O)COC(C)=O)ccc1Nc1nc2cc(Cl)cc(Cl)c2o1. The molecule has 0 spiro atoms. The van der Waals surface area contributed by atoms with Crippen LogP contribution in [0.2, 0.25) is 10.0 Å². The number of anilines is 3. The molecule has 0 fully saturated rings. The number of methoxy groups -OCH3 is 1. The maximum atomic E-state index is 11.8. The fourth-order valence-electron chi connectivity index (χ4n) is 2.36. The fraction of sp³-hybridized carbons (Fsp3) is 0.167. The number of nitrogens with zero attached hydrogens (tertiary/aromatic N) is 1. The van der Waals surface area contributed by atoms with E-state index in [1.54, 1.807) is 30.3 Å². The highest BCUT2D eigenvalue weighted by Gasteiger charge is 2.14. The van der Waals surface area contributed by atoms with Crippen LogP contribution in [0, 0.1) is 0 Å². The molecule has 1 amide bonds.